The summed E-state index contributed by atoms with van der Waals surface area (Å²) in [5, 5.41) is 0. The molecule has 2 heterocycles. The Balaban J connectivity index is 1.55. The summed E-state index contributed by atoms with van der Waals surface area (Å²) in [7, 11) is 0. The van der Waals surface area contributed by atoms with Crippen molar-refractivity contribution in [2.45, 2.75) is 25.8 Å². The highest BCUT2D eigenvalue weighted by molar-refractivity contribution is 5.97. The van der Waals surface area contributed by atoms with Gasteiger partial charge in [0.1, 0.15) is 11.6 Å². The number of fused-ring (bicyclic) bond motifs is 1. The molecule has 1 atom stereocenters. The van der Waals surface area contributed by atoms with Crippen LogP contribution >= 0.6 is 0 Å². The zero-order valence-corrected chi connectivity index (χ0v) is 16.8. The van der Waals surface area contributed by atoms with E-state index in [1.165, 1.54) is 6.07 Å². The molecule has 5 heteroatoms. The molecule has 0 spiro atoms. The van der Waals surface area contributed by atoms with Crippen LogP contribution in [0.15, 0.2) is 72.8 Å². The van der Waals surface area contributed by atoms with Crippen LogP contribution < -0.4 is 4.90 Å². The third-order valence-electron chi connectivity index (χ3n) is 5.87. The van der Waals surface area contributed by atoms with E-state index >= 15 is 0 Å². The van der Waals surface area contributed by atoms with Crippen LogP contribution in [0.3, 0.4) is 0 Å². The second kappa shape index (κ2) is 7.41. The molecule has 30 heavy (non-hydrogen) atoms. The molecule has 1 saturated heterocycles. The molecule has 1 aliphatic heterocycles. The Labute approximate surface area is 174 Å². The number of aryl methyl sites for hydroxylation is 1. The third-order valence-corrected chi connectivity index (χ3v) is 5.87. The van der Waals surface area contributed by atoms with Gasteiger partial charge < -0.3 is 9.47 Å². The molecular weight excluding hydrogens is 377 g/mol. The Morgan fingerprint density at radius 3 is 2.57 bits per heavy atom. The van der Waals surface area contributed by atoms with Gasteiger partial charge in [-0.05, 0) is 36.8 Å². The van der Waals surface area contributed by atoms with E-state index < -0.39 is 0 Å². The lowest BCUT2D eigenvalue weighted by molar-refractivity contribution is -0.117. The first-order valence-electron chi connectivity index (χ1n) is 10.2. The minimum Gasteiger partial charge on any atom is -0.323 e. The zero-order valence-electron chi connectivity index (χ0n) is 16.8. The van der Waals surface area contributed by atoms with Crippen molar-refractivity contribution in [2.24, 2.45) is 0 Å². The van der Waals surface area contributed by atoms with Gasteiger partial charge in [0.25, 0.3) is 0 Å². The molecule has 0 N–H and O–H groups in total. The van der Waals surface area contributed by atoms with E-state index in [0.29, 0.717) is 25.1 Å². The van der Waals surface area contributed by atoms with Crippen molar-refractivity contribution in [1.82, 2.24) is 9.55 Å². The fourth-order valence-electron chi connectivity index (χ4n) is 4.35. The first-order valence-corrected chi connectivity index (χ1v) is 10.2. The number of imidazole rings is 1. The van der Waals surface area contributed by atoms with Gasteiger partial charge in [-0.15, -0.1) is 0 Å². The maximum Gasteiger partial charge on any atom is 0.227 e. The van der Waals surface area contributed by atoms with E-state index in [1.807, 2.05) is 66.4 Å². The minimum atomic E-state index is -0.231. The highest BCUT2D eigenvalue weighted by atomic mass is 19.1. The van der Waals surface area contributed by atoms with Gasteiger partial charge in [0.2, 0.25) is 5.91 Å². The van der Waals surface area contributed by atoms with Crippen molar-refractivity contribution in [3.63, 3.8) is 0 Å². The number of carbonyl (C=O) groups is 1. The Morgan fingerprint density at radius 2 is 1.73 bits per heavy atom. The second-order valence-corrected chi connectivity index (χ2v) is 7.83. The van der Waals surface area contributed by atoms with E-state index in [4.69, 9.17) is 4.98 Å². The monoisotopic (exact) mass is 399 g/mol. The maximum atomic E-state index is 14.4. The van der Waals surface area contributed by atoms with Gasteiger partial charge in [-0.2, -0.15) is 0 Å². The lowest BCUT2D eigenvalue weighted by Crippen LogP contribution is -2.25. The Kier molecular flexibility index (Phi) is 4.58. The van der Waals surface area contributed by atoms with Crippen molar-refractivity contribution in [3.05, 3.63) is 95.6 Å². The zero-order chi connectivity index (χ0) is 20.7. The molecule has 0 saturated carbocycles. The number of halogens is 1. The number of rotatable bonds is 4. The van der Waals surface area contributed by atoms with E-state index in [2.05, 4.69) is 4.57 Å². The fraction of sp³-hybridized carbons (Fsp3) is 0.200. The first kappa shape index (κ1) is 18.6. The number of hydrogen-bond donors (Lipinski definition) is 0. The summed E-state index contributed by atoms with van der Waals surface area (Å²) in [5.74, 6) is 0.657. The topological polar surface area (TPSA) is 38.1 Å². The predicted molar refractivity (Wildman–Crippen MR) is 116 cm³/mol. The highest BCUT2D eigenvalue weighted by Crippen LogP contribution is 2.34. The Morgan fingerprint density at radius 1 is 1.00 bits per heavy atom. The number of anilines is 1. The van der Waals surface area contributed by atoms with Gasteiger partial charge in [-0.1, -0.05) is 48.5 Å². The number of nitrogens with zero attached hydrogens (tertiary/aromatic N) is 3. The van der Waals surface area contributed by atoms with Crippen LogP contribution in [-0.2, 0) is 11.3 Å². The van der Waals surface area contributed by atoms with E-state index in [-0.39, 0.29) is 17.6 Å². The average Bonchev–Trinajstić information content (AvgIpc) is 3.31. The van der Waals surface area contributed by atoms with Gasteiger partial charge in [-0.25, -0.2) is 9.37 Å². The highest BCUT2D eigenvalue weighted by Gasteiger charge is 2.35. The molecule has 0 radical (unpaired) electrons. The summed E-state index contributed by atoms with van der Waals surface area (Å²) >= 11 is 0. The second-order valence-electron chi connectivity index (χ2n) is 7.83. The number of carbonyl (C=O) groups excluding carboxylic acids is 1. The van der Waals surface area contributed by atoms with Crippen LogP contribution in [0.2, 0.25) is 0 Å². The number of para-hydroxylation sites is 3. The molecule has 0 aliphatic carbocycles. The third kappa shape index (κ3) is 3.16. The van der Waals surface area contributed by atoms with Gasteiger partial charge >= 0.3 is 0 Å². The molecule has 4 nitrogen and oxygen atoms in total. The maximum absolute atomic E-state index is 14.4. The van der Waals surface area contributed by atoms with E-state index in [9.17, 15) is 9.18 Å². The van der Waals surface area contributed by atoms with Crippen molar-refractivity contribution in [3.8, 4) is 0 Å². The molecule has 3 aromatic carbocycles. The summed E-state index contributed by atoms with van der Waals surface area (Å²) in [6, 6.07) is 22.6. The summed E-state index contributed by atoms with van der Waals surface area (Å²) < 4.78 is 16.4. The lowest BCUT2D eigenvalue weighted by atomic mass is 10.1. The molecule has 150 valence electrons. The Bertz CT molecular complexity index is 1250. The number of aromatic nitrogens is 2. The molecular formula is C25H22FN3O. The summed E-state index contributed by atoms with van der Waals surface area (Å²) in [6.07, 6.45) is 0.398. The number of benzene rings is 3. The van der Waals surface area contributed by atoms with Gasteiger partial charge in [0, 0.05) is 30.1 Å². The predicted octanol–water partition coefficient (Wildman–Crippen LogP) is 5.05. The van der Waals surface area contributed by atoms with Crippen LogP contribution in [0.1, 0.15) is 29.3 Å². The van der Waals surface area contributed by atoms with Crippen molar-refractivity contribution in [1.29, 1.82) is 0 Å². The van der Waals surface area contributed by atoms with E-state index in [1.54, 1.807) is 12.1 Å². The van der Waals surface area contributed by atoms with Crippen molar-refractivity contribution < 1.29 is 9.18 Å². The van der Waals surface area contributed by atoms with Crippen LogP contribution in [-0.4, -0.2) is 22.0 Å². The SMILES string of the molecule is Cc1ccccc1N1C[C@H](c2nc3ccccc3n2Cc2ccccc2F)CC1=O. The number of hydrogen-bond acceptors (Lipinski definition) is 2. The van der Waals surface area contributed by atoms with E-state index in [0.717, 1.165) is 28.1 Å². The quantitative estimate of drug-likeness (QED) is 0.481. The molecule has 5 rings (SSSR count). The molecule has 0 unspecified atom stereocenters. The van der Waals surface area contributed by atoms with Gasteiger partial charge in [0.05, 0.1) is 17.6 Å². The van der Waals surface area contributed by atoms with Crippen LogP contribution in [0.4, 0.5) is 10.1 Å². The molecule has 1 amide bonds. The molecule has 0 bridgehead atoms. The summed E-state index contributed by atoms with van der Waals surface area (Å²) in [4.78, 5) is 19.6. The minimum absolute atomic E-state index is 0.0451. The summed E-state index contributed by atoms with van der Waals surface area (Å²) in [6.45, 7) is 2.98. The first-order chi connectivity index (χ1) is 14.6. The molecule has 4 aromatic rings. The van der Waals surface area contributed by atoms with Gasteiger partial charge in [-0.3, -0.25) is 4.79 Å². The smallest absolute Gasteiger partial charge is 0.227 e. The Hall–Kier alpha value is -3.47. The fourth-order valence-corrected chi connectivity index (χ4v) is 4.35. The van der Waals surface area contributed by atoms with Crippen LogP contribution in [0, 0.1) is 12.7 Å². The molecule has 1 aromatic heterocycles. The summed E-state index contributed by atoms with van der Waals surface area (Å²) in [5.41, 5.74) is 4.46. The van der Waals surface area contributed by atoms with Crippen molar-refractivity contribution >= 4 is 22.6 Å². The molecule has 1 fully saturated rings. The normalized spacial score (nSPS) is 16.5. The largest absolute Gasteiger partial charge is 0.323 e. The number of amides is 1. The van der Waals surface area contributed by atoms with Crippen molar-refractivity contribution in [2.75, 3.05) is 11.4 Å². The standard InChI is InChI=1S/C25H22FN3O/c1-17-8-2-6-12-22(17)28-16-19(14-24(28)30)25-27-21-11-5-7-13-23(21)29(25)15-18-9-3-4-10-20(18)26/h2-13,19H,14-16H2,1H3/t19-/m1/s1. The van der Waals surface area contributed by atoms with Crippen LogP contribution in [0.5, 0.6) is 0 Å². The average molecular weight is 399 g/mol. The van der Waals surface area contributed by atoms with Gasteiger partial charge in [0.15, 0.2) is 0 Å². The lowest BCUT2D eigenvalue weighted by Gasteiger charge is -2.19. The van der Waals surface area contributed by atoms with Crippen LogP contribution in [0.25, 0.3) is 11.0 Å². The molecule has 1 aliphatic rings.